The van der Waals surface area contributed by atoms with E-state index in [1.165, 1.54) is 63.4 Å². The van der Waals surface area contributed by atoms with Crippen molar-refractivity contribution in [3.05, 3.63) is 54.5 Å². The molecule has 0 aliphatic heterocycles. The molecular weight excluding hydrogens is 276 g/mol. The fourth-order valence-electron chi connectivity index (χ4n) is 3.53. The third kappa shape index (κ3) is 7.86. The molecule has 0 spiro atoms. The number of allylic oxidation sites excluding steroid dienone is 1. The minimum atomic E-state index is 0.464. The summed E-state index contributed by atoms with van der Waals surface area (Å²) in [6, 6.07) is 10.9. The Hall–Kier alpha value is -1.04. The number of unbranched alkanes of at least 4 members (excludes halogenated alkanes) is 7. The molecule has 1 rings (SSSR count). The molecule has 0 aliphatic carbocycles. The van der Waals surface area contributed by atoms with E-state index < -0.39 is 0 Å². The molecule has 0 saturated carbocycles. The topological polar surface area (TPSA) is 0 Å². The molecule has 129 valence electrons. The fourth-order valence-corrected chi connectivity index (χ4v) is 3.53. The molecule has 0 heteroatoms. The molecule has 23 heavy (non-hydrogen) atoms. The van der Waals surface area contributed by atoms with Crippen molar-refractivity contribution < 1.29 is 0 Å². The average Bonchev–Trinajstić information content (AvgIpc) is 2.57. The predicted octanol–water partition coefficient (Wildman–Crippen LogP) is 7.72. The maximum Gasteiger partial charge on any atom is 0.00488 e. The first-order chi connectivity index (χ1) is 11.2. The first kappa shape index (κ1) is 20.0. The van der Waals surface area contributed by atoms with Crippen molar-refractivity contribution in [2.45, 2.75) is 84.5 Å². The van der Waals surface area contributed by atoms with Crippen molar-refractivity contribution in [1.29, 1.82) is 0 Å². The Kier molecular flexibility index (Phi) is 10.8. The number of rotatable bonds is 13. The molecule has 0 fully saturated rings. The lowest BCUT2D eigenvalue weighted by atomic mass is 9.76. The van der Waals surface area contributed by atoms with Crippen LogP contribution in [0.15, 0.2) is 43.0 Å². The minimum Gasteiger partial charge on any atom is -0.102 e. The molecule has 0 amide bonds. The number of hydrogen-bond donors (Lipinski definition) is 0. The van der Waals surface area contributed by atoms with Gasteiger partial charge in [0.15, 0.2) is 0 Å². The van der Waals surface area contributed by atoms with Crippen molar-refractivity contribution in [3.8, 4) is 0 Å². The van der Waals surface area contributed by atoms with Crippen molar-refractivity contribution in [3.63, 3.8) is 0 Å². The monoisotopic (exact) mass is 313 g/mol. The van der Waals surface area contributed by atoms with Gasteiger partial charge in [-0.15, -0.1) is 6.58 Å². The van der Waals surface area contributed by atoms with Crippen LogP contribution in [0.5, 0.6) is 0 Å². The van der Waals surface area contributed by atoms with Crippen LogP contribution in [-0.2, 0) is 0 Å². The van der Waals surface area contributed by atoms with E-state index in [4.69, 9.17) is 0 Å². The normalized spacial score (nSPS) is 13.9. The van der Waals surface area contributed by atoms with Crippen molar-refractivity contribution in [2.24, 2.45) is 5.92 Å². The van der Waals surface area contributed by atoms with Gasteiger partial charge in [0.2, 0.25) is 0 Å². The van der Waals surface area contributed by atoms with E-state index in [1.54, 1.807) is 5.92 Å². The Morgan fingerprint density at radius 1 is 0.913 bits per heavy atom. The van der Waals surface area contributed by atoms with Gasteiger partial charge in [-0.3, -0.25) is 0 Å². The van der Waals surface area contributed by atoms with Crippen LogP contribution in [0.2, 0.25) is 0 Å². The highest BCUT2D eigenvalue weighted by atomic mass is 14.3. The fraction of sp³-hybridized carbons (Fsp3) is 0.609. The van der Waals surface area contributed by atoms with Gasteiger partial charge in [-0.1, -0.05) is 109 Å². The van der Waals surface area contributed by atoms with Gasteiger partial charge >= 0.3 is 0 Å². The molecule has 0 aromatic heterocycles. The molecule has 0 saturated heterocycles. The summed E-state index contributed by atoms with van der Waals surface area (Å²) in [7, 11) is 0. The highest BCUT2D eigenvalue weighted by Crippen LogP contribution is 2.36. The average molecular weight is 314 g/mol. The van der Waals surface area contributed by atoms with Gasteiger partial charge < -0.3 is 0 Å². The summed E-state index contributed by atoms with van der Waals surface area (Å²) in [5, 5.41) is 0. The van der Waals surface area contributed by atoms with E-state index in [2.05, 4.69) is 63.8 Å². The van der Waals surface area contributed by atoms with Gasteiger partial charge in [-0.05, 0) is 23.8 Å². The zero-order valence-electron chi connectivity index (χ0n) is 15.7. The second-order valence-corrected chi connectivity index (χ2v) is 7.12. The van der Waals surface area contributed by atoms with Crippen LogP contribution >= 0.6 is 0 Å². The van der Waals surface area contributed by atoms with E-state index in [0.717, 1.165) is 0 Å². The van der Waals surface area contributed by atoms with Crippen LogP contribution in [0.1, 0.15) is 90.0 Å². The molecular formula is C23H37. The van der Waals surface area contributed by atoms with Crippen LogP contribution in [0, 0.1) is 11.8 Å². The minimum absolute atomic E-state index is 0.464. The van der Waals surface area contributed by atoms with Crippen molar-refractivity contribution in [2.75, 3.05) is 0 Å². The Morgan fingerprint density at radius 3 is 2.00 bits per heavy atom. The predicted molar refractivity (Wildman–Crippen MR) is 105 cm³/mol. The Balaban J connectivity index is 2.38. The zero-order valence-corrected chi connectivity index (χ0v) is 15.7. The molecule has 1 aromatic rings. The Morgan fingerprint density at radius 2 is 1.48 bits per heavy atom. The third-order valence-electron chi connectivity index (χ3n) is 4.98. The summed E-state index contributed by atoms with van der Waals surface area (Å²) in [4.78, 5) is 0. The maximum absolute atomic E-state index is 4.11. The summed E-state index contributed by atoms with van der Waals surface area (Å²) in [6.45, 7) is 11.0. The maximum atomic E-state index is 4.11. The van der Waals surface area contributed by atoms with Crippen molar-refractivity contribution >= 4 is 0 Å². The van der Waals surface area contributed by atoms with Crippen LogP contribution in [-0.4, -0.2) is 0 Å². The van der Waals surface area contributed by atoms with E-state index in [0.29, 0.717) is 11.8 Å². The number of hydrogen-bond acceptors (Lipinski definition) is 0. The molecule has 0 nitrogen and oxygen atoms in total. The van der Waals surface area contributed by atoms with E-state index in [1.807, 2.05) is 0 Å². The van der Waals surface area contributed by atoms with Gasteiger partial charge in [-0.25, -0.2) is 0 Å². The van der Waals surface area contributed by atoms with Gasteiger partial charge in [-0.2, -0.15) is 0 Å². The smallest absolute Gasteiger partial charge is 0.00488 e. The third-order valence-corrected chi connectivity index (χ3v) is 4.98. The molecule has 2 atom stereocenters. The van der Waals surface area contributed by atoms with E-state index >= 15 is 0 Å². The summed E-state index contributed by atoms with van der Waals surface area (Å²) in [6.07, 6.45) is 14.6. The van der Waals surface area contributed by atoms with Gasteiger partial charge in [0, 0.05) is 5.92 Å². The summed E-state index contributed by atoms with van der Waals surface area (Å²) >= 11 is 0. The quantitative estimate of drug-likeness (QED) is 0.258. The molecule has 0 N–H and O–H groups in total. The summed E-state index contributed by atoms with van der Waals surface area (Å²) < 4.78 is 0. The molecule has 0 heterocycles. The van der Waals surface area contributed by atoms with Gasteiger partial charge in [0.25, 0.3) is 0 Å². The van der Waals surface area contributed by atoms with Crippen LogP contribution in [0.25, 0.3) is 0 Å². The number of benzene rings is 1. The van der Waals surface area contributed by atoms with Crippen molar-refractivity contribution in [1.82, 2.24) is 0 Å². The second-order valence-electron chi connectivity index (χ2n) is 7.12. The second kappa shape index (κ2) is 12.4. The molecule has 2 unspecified atom stereocenters. The Labute approximate surface area is 145 Å². The lowest BCUT2D eigenvalue weighted by molar-refractivity contribution is 0.430. The molecule has 1 aromatic carbocycles. The first-order valence-corrected chi connectivity index (χ1v) is 9.68. The highest BCUT2D eigenvalue weighted by molar-refractivity contribution is 5.26. The summed E-state index contributed by atoms with van der Waals surface area (Å²) in [5.41, 5.74) is 1.41. The Bertz CT molecular complexity index is 390. The SMILES string of the molecule is C=CC(c1ccccc1)C(CCCCCCCCCC)[C](C)C. The van der Waals surface area contributed by atoms with Gasteiger partial charge in [0.05, 0.1) is 0 Å². The molecule has 0 bridgehead atoms. The largest absolute Gasteiger partial charge is 0.102 e. The van der Waals surface area contributed by atoms with E-state index in [-0.39, 0.29) is 0 Å². The molecule has 1 radical (unpaired) electrons. The lowest BCUT2D eigenvalue weighted by Gasteiger charge is -2.28. The lowest BCUT2D eigenvalue weighted by Crippen LogP contribution is -2.16. The first-order valence-electron chi connectivity index (χ1n) is 9.68. The standard InChI is InChI=1S/C23H37/c1-5-7-8-9-10-11-12-16-19-23(20(3)4)22(6-2)21-17-14-13-15-18-21/h6,13-15,17-18,22-23H,2,5,7-12,16,19H2,1,3-4H3. The molecule has 0 aliphatic rings. The van der Waals surface area contributed by atoms with E-state index in [9.17, 15) is 0 Å². The van der Waals surface area contributed by atoms with Crippen LogP contribution in [0.4, 0.5) is 0 Å². The van der Waals surface area contributed by atoms with Crippen LogP contribution in [0.3, 0.4) is 0 Å². The summed E-state index contributed by atoms with van der Waals surface area (Å²) in [5.74, 6) is 2.64. The van der Waals surface area contributed by atoms with Crippen LogP contribution < -0.4 is 0 Å². The van der Waals surface area contributed by atoms with Gasteiger partial charge in [0.1, 0.15) is 0 Å². The highest BCUT2D eigenvalue weighted by Gasteiger charge is 2.23. The zero-order chi connectivity index (χ0) is 16.9.